The van der Waals surface area contributed by atoms with Gasteiger partial charge in [0.25, 0.3) is 0 Å². The fourth-order valence-electron chi connectivity index (χ4n) is 2.64. The number of hydrogen-bond acceptors (Lipinski definition) is 3. The van der Waals surface area contributed by atoms with Gasteiger partial charge in [-0.15, -0.1) is 0 Å². The fourth-order valence-corrected chi connectivity index (χ4v) is 2.64. The quantitative estimate of drug-likeness (QED) is 0.313. The Labute approximate surface area is 182 Å². The summed E-state index contributed by atoms with van der Waals surface area (Å²) in [5.41, 5.74) is 0. The second-order valence-corrected chi connectivity index (χ2v) is 6.07. The topological polar surface area (TPSA) is 70.1 Å². The van der Waals surface area contributed by atoms with Crippen LogP contribution in [0.15, 0.2) is 0 Å². The first kappa shape index (κ1) is 31.9. The number of carboxylic acid groups (broad SMARTS) is 1. The van der Waals surface area contributed by atoms with Crippen LogP contribution in [-0.4, -0.2) is 34.5 Å². The molecule has 0 aromatic heterocycles. The number of carbonyl (C=O) groups is 1. The van der Waals surface area contributed by atoms with Crippen molar-refractivity contribution in [2.75, 3.05) is 0 Å². The third-order valence-corrected chi connectivity index (χ3v) is 3.98. The van der Waals surface area contributed by atoms with Crippen molar-refractivity contribution in [3.8, 4) is 0 Å². The second-order valence-electron chi connectivity index (χ2n) is 6.07. The predicted octanol–water partition coefficient (Wildman–Crippen LogP) is 1.44. The van der Waals surface area contributed by atoms with Gasteiger partial charge >= 0.3 is 52.6 Å². The van der Waals surface area contributed by atoms with Gasteiger partial charge in [-0.3, -0.25) is 0 Å². The van der Waals surface area contributed by atoms with Gasteiger partial charge in [-0.05, 0) is 12.8 Å². The van der Waals surface area contributed by atoms with E-state index in [1.807, 2.05) is 0 Å². The van der Waals surface area contributed by atoms with Crippen molar-refractivity contribution in [3.05, 3.63) is 0 Å². The van der Waals surface area contributed by atoms with Crippen LogP contribution >= 0.6 is 0 Å². The Morgan fingerprint density at radius 2 is 0.913 bits per heavy atom. The van der Waals surface area contributed by atoms with Crippen molar-refractivity contribution in [3.63, 3.8) is 0 Å². The molecule has 23 heavy (non-hydrogen) atoms. The Kier molecular flexibility index (Phi) is 38.9. The van der Waals surface area contributed by atoms with Crippen molar-refractivity contribution in [2.24, 2.45) is 0 Å². The van der Waals surface area contributed by atoms with E-state index in [1.54, 1.807) is 0 Å². The van der Waals surface area contributed by atoms with Crippen molar-refractivity contribution in [1.82, 2.24) is 0 Å². The summed E-state index contributed by atoms with van der Waals surface area (Å²) in [5, 5.41) is 10.2. The molecule has 3 nitrogen and oxygen atoms in total. The summed E-state index contributed by atoms with van der Waals surface area (Å²) >= 11 is 0. The summed E-state index contributed by atoms with van der Waals surface area (Å²) < 4.78 is 0. The van der Waals surface area contributed by atoms with Gasteiger partial charge in [-0.25, -0.2) is 0 Å². The molecule has 0 radical (unpaired) electrons. The largest absolute Gasteiger partial charge is 2.00 e. The first-order valence-corrected chi connectivity index (χ1v) is 8.97. The molecule has 1 N–H and O–H groups in total. The molecule has 0 atom stereocenters. The molecule has 0 unspecified atom stereocenters. The molecule has 0 saturated carbocycles. The Morgan fingerprint density at radius 1 is 0.652 bits per heavy atom. The zero-order valence-corrected chi connectivity index (χ0v) is 19.2. The van der Waals surface area contributed by atoms with E-state index in [4.69, 9.17) is 0 Å². The molecule has 0 aromatic rings. The van der Waals surface area contributed by atoms with Crippen LogP contribution in [-0.2, 0) is 4.79 Å². The average Bonchev–Trinajstić information content (AvgIpc) is 2.43. The van der Waals surface area contributed by atoms with Crippen molar-refractivity contribution >= 4 is 29.0 Å². The summed E-state index contributed by atoms with van der Waals surface area (Å²) in [6.45, 7) is 2.27. The summed E-state index contributed by atoms with van der Waals surface area (Å²) in [4.78, 5) is 10.2. The smallest absolute Gasteiger partial charge is 0.870 e. The predicted molar refractivity (Wildman–Crippen MR) is 92.2 cm³/mol. The van der Waals surface area contributed by atoms with Crippen LogP contribution in [0.25, 0.3) is 0 Å². The van der Waals surface area contributed by atoms with Crippen LogP contribution in [0.2, 0.25) is 0 Å². The summed E-state index contributed by atoms with van der Waals surface area (Å²) in [7, 11) is 0. The molecule has 0 aliphatic carbocycles. The van der Waals surface area contributed by atoms with Gasteiger partial charge < -0.3 is 15.4 Å². The van der Waals surface area contributed by atoms with Crippen LogP contribution in [0.1, 0.15) is 110 Å². The molecule has 0 fully saturated rings. The minimum atomic E-state index is -0.903. The maximum atomic E-state index is 10.2. The number of carboxylic acids is 1. The standard InChI is InChI=1S/C18H36O2.Mg.Na.H2O/c1-2-3-4-5-6-7-8-9-10-11-12-13-14-15-16-17-18(19)20;;;/h2-17H2,1H3,(H,19,20);;;1H2/q;+2;+1;/p-2. The van der Waals surface area contributed by atoms with Crippen LogP contribution < -0.4 is 34.7 Å². The molecule has 0 aliphatic rings. The Morgan fingerprint density at radius 3 is 1.17 bits per heavy atom. The summed E-state index contributed by atoms with van der Waals surface area (Å²) in [5.74, 6) is -0.903. The van der Waals surface area contributed by atoms with E-state index in [-0.39, 0.29) is 64.5 Å². The molecule has 0 saturated heterocycles. The van der Waals surface area contributed by atoms with Crippen molar-refractivity contribution < 1.29 is 44.9 Å². The minimum Gasteiger partial charge on any atom is -0.870 e. The molecular formula is C18H36MgNaO3+. The van der Waals surface area contributed by atoms with Crippen LogP contribution in [0, 0.1) is 0 Å². The molecule has 0 spiro atoms. The third-order valence-electron chi connectivity index (χ3n) is 3.98. The number of rotatable bonds is 16. The van der Waals surface area contributed by atoms with E-state index in [9.17, 15) is 9.90 Å². The van der Waals surface area contributed by atoms with Gasteiger partial charge in [0.2, 0.25) is 0 Å². The zero-order valence-electron chi connectivity index (χ0n) is 15.8. The van der Waals surface area contributed by atoms with Gasteiger partial charge in [0.15, 0.2) is 0 Å². The van der Waals surface area contributed by atoms with Gasteiger partial charge in [-0.2, -0.15) is 0 Å². The van der Waals surface area contributed by atoms with E-state index < -0.39 is 5.97 Å². The van der Waals surface area contributed by atoms with E-state index in [0.29, 0.717) is 0 Å². The normalized spacial score (nSPS) is 9.43. The molecule has 0 aliphatic heterocycles. The average molecular weight is 348 g/mol. The first-order valence-electron chi connectivity index (χ1n) is 8.97. The zero-order chi connectivity index (χ0) is 14.9. The van der Waals surface area contributed by atoms with Gasteiger partial charge in [-0.1, -0.05) is 96.8 Å². The van der Waals surface area contributed by atoms with Crippen LogP contribution in [0.3, 0.4) is 0 Å². The van der Waals surface area contributed by atoms with Crippen LogP contribution in [0.4, 0.5) is 0 Å². The molecule has 5 heteroatoms. The fraction of sp³-hybridized carbons (Fsp3) is 0.944. The molecular weight excluding hydrogens is 311 g/mol. The Balaban J connectivity index is -0.000000602. The molecule has 0 bridgehead atoms. The van der Waals surface area contributed by atoms with Crippen LogP contribution in [0.5, 0.6) is 0 Å². The van der Waals surface area contributed by atoms with E-state index >= 15 is 0 Å². The number of aliphatic carboxylic acids is 1. The Hall–Kier alpha value is 1.20. The maximum absolute atomic E-state index is 10.2. The molecule has 0 heterocycles. The Bertz CT molecular complexity index is 216. The number of carbonyl (C=O) groups excluding carboxylic acids is 1. The maximum Gasteiger partial charge on any atom is 2.00 e. The van der Waals surface area contributed by atoms with Gasteiger partial charge in [0.1, 0.15) is 0 Å². The van der Waals surface area contributed by atoms with Gasteiger partial charge in [0.05, 0.1) is 0 Å². The summed E-state index contributed by atoms with van der Waals surface area (Å²) in [6.07, 6.45) is 19.9. The number of hydrogen-bond donors (Lipinski definition) is 0. The molecule has 0 aromatic carbocycles. The van der Waals surface area contributed by atoms with E-state index in [0.717, 1.165) is 12.8 Å². The summed E-state index contributed by atoms with van der Waals surface area (Å²) in [6, 6.07) is 0. The van der Waals surface area contributed by atoms with Gasteiger partial charge in [0, 0.05) is 5.97 Å². The second kappa shape index (κ2) is 28.0. The van der Waals surface area contributed by atoms with E-state index in [2.05, 4.69) is 6.92 Å². The third kappa shape index (κ3) is 31.5. The van der Waals surface area contributed by atoms with Crippen molar-refractivity contribution in [1.29, 1.82) is 0 Å². The SMILES string of the molecule is CCCCCCCCCCCCCCCCCC(=O)[O-].[Mg+2].[Na+].[OH-]. The van der Waals surface area contributed by atoms with Crippen molar-refractivity contribution in [2.45, 2.75) is 110 Å². The molecule has 0 rings (SSSR count). The molecule has 0 amide bonds. The number of unbranched alkanes of at least 4 members (excludes halogenated alkanes) is 14. The van der Waals surface area contributed by atoms with E-state index in [1.165, 1.54) is 83.5 Å². The monoisotopic (exact) mass is 347 g/mol. The first-order chi connectivity index (χ1) is 9.77. The molecule has 128 valence electrons. The minimum absolute atomic E-state index is 0.